The fourth-order valence-electron chi connectivity index (χ4n) is 1.97. The molecule has 18 heavy (non-hydrogen) atoms. The predicted octanol–water partition coefficient (Wildman–Crippen LogP) is 2.02. The van der Waals surface area contributed by atoms with Gasteiger partial charge in [-0.1, -0.05) is 30.7 Å². The van der Waals surface area contributed by atoms with Crippen molar-refractivity contribution in [2.24, 2.45) is 0 Å². The molecule has 1 rings (SSSR count). The van der Waals surface area contributed by atoms with Crippen LogP contribution in [-0.2, 0) is 22.9 Å². The largest absolute Gasteiger partial charge is 2.00 e. The van der Waals surface area contributed by atoms with E-state index in [0.717, 1.165) is 25.9 Å². The molecular weight excluding hydrogens is 273 g/mol. The second kappa shape index (κ2) is 8.26. The number of nitrogens with zero attached hydrogens (tertiary/aromatic N) is 1. The monoisotopic (exact) mass is 293 g/mol. The molecule has 0 bridgehead atoms. The van der Waals surface area contributed by atoms with Crippen molar-refractivity contribution in [3.05, 3.63) is 17.7 Å². The van der Waals surface area contributed by atoms with E-state index in [-0.39, 0.29) is 28.0 Å². The van der Waals surface area contributed by atoms with Crippen LogP contribution in [0.25, 0.3) is 0 Å². The van der Waals surface area contributed by atoms with Gasteiger partial charge in [-0.05, 0) is 32.8 Å². The molecule has 0 aliphatic rings. The van der Waals surface area contributed by atoms with Crippen molar-refractivity contribution in [1.82, 2.24) is 0 Å². The molecule has 0 N–H and O–H groups in total. The van der Waals surface area contributed by atoms with E-state index in [1.807, 2.05) is 24.8 Å². The normalized spacial score (nSPS) is 9.94. The average Bonchev–Trinajstić information content (AvgIpc) is 2.35. The van der Waals surface area contributed by atoms with E-state index in [0.29, 0.717) is 17.7 Å². The molecule has 0 spiro atoms. The zero-order valence-corrected chi connectivity index (χ0v) is 12.3. The molecular formula is C14H21NNiO2. The average molecular weight is 294 g/mol. The van der Waals surface area contributed by atoms with Gasteiger partial charge in [0.05, 0.1) is 0 Å². The predicted molar refractivity (Wildman–Crippen MR) is 67.5 cm³/mol. The Morgan fingerprint density at radius 1 is 1.00 bits per heavy atom. The summed E-state index contributed by atoms with van der Waals surface area (Å²) in [6.07, 6.45) is 2.70. The van der Waals surface area contributed by atoms with E-state index < -0.39 is 0 Å². The van der Waals surface area contributed by atoms with Gasteiger partial charge in [-0.15, -0.1) is 5.75 Å². The van der Waals surface area contributed by atoms with Gasteiger partial charge >= 0.3 is 16.5 Å². The van der Waals surface area contributed by atoms with E-state index in [1.54, 1.807) is 6.07 Å². The van der Waals surface area contributed by atoms with Gasteiger partial charge in [0, 0.05) is 18.8 Å². The molecule has 0 amide bonds. The van der Waals surface area contributed by atoms with Crippen LogP contribution in [0.5, 0.6) is 11.5 Å². The van der Waals surface area contributed by atoms with E-state index in [2.05, 4.69) is 6.92 Å². The van der Waals surface area contributed by atoms with Gasteiger partial charge in [-0.3, -0.25) is 0 Å². The number of hydrogen-bond acceptors (Lipinski definition) is 3. The molecule has 0 heterocycles. The van der Waals surface area contributed by atoms with Crippen molar-refractivity contribution < 1.29 is 26.7 Å². The molecule has 0 aliphatic carbocycles. The quantitative estimate of drug-likeness (QED) is 0.754. The molecule has 0 fully saturated rings. The maximum atomic E-state index is 12.0. The van der Waals surface area contributed by atoms with Crippen molar-refractivity contribution in [3.8, 4) is 11.5 Å². The van der Waals surface area contributed by atoms with Crippen LogP contribution in [-0.4, -0.2) is 13.1 Å². The number of aryl methyl sites for hydroxylation is 1. The Balaban J connectivity index is 0.00000289. The number of benzene rings is 1. The first kappa shape index (κ1) is 17.1. The Labute approximate surface area is 120 Å². The first-order valence-corrected chi connectivity index (χ1v) is 6.40. The summed E-state index contributed by atoms with van der Waals surface area (Å²) in [4.78, 5) is 1.92. The summed E-state index contributed by atoms with van der Waals surface area (Å²) in [5, 5.41) is 23.9. The standard InChI is InChI=1S/C14H23NO2.Ni/c1-4-7-8-11-9-10-12(14(17)13(11)16)15(5-2)6-3;/h9-10,16-17H,4-8H2,1-3H3;/q;+2/p-2. The van der Waals surface area contributed by atoms with Gasteiger partial charge in [-0.2, -0.15) is 0 Å². The third-order valence-corrected chi connectivity index (χ3v) is 3.08. The van der Waals surface area contributed by atoms with Gasteiger partial charge in [0.1, 0.15) is 0 Å². The minimum atomic E-state index is -0.345. The molecule has 1 aromatic carbocycles. The van der Waals surface area contributed by atoms with Crippen molar-refractivity contribution in [2.75, 3.05) is 18.0 Å². The molecule has 1 aromatic rings. The Hall–Kier alpha value is -0.886. The summed E-state index contributed by atoms with van der Waals surface area (Å²) in [6.45, 7) is 7.54. The van der Waals surface area contributed by atoms with Crippen molar-refractivity contribution in [2.45, 2.75) is 40.0 Å². The molecule has 0 radical (unpaired) electrons. The van der Waals surface area contributed by atoms with Gasteiger partial charge in [0.25, 0.3) is 0 Å². The Bertz CT molecular complexity index is 365. The topological polar surface area (TPSA) is 49.4 Å². The summed E-state index contributed by atoms with van der Waals surface area (Å²) in [7, 11) is 0. The molecule has 104 valence electrons. The third-order valence-electron chi connectivity index (χ3n) is 3.08. The molecule has 0 aliphatic heterocycles. The second-order valence-corrected chi connectivity index (χ2v) is 4.18. The van der Waals surface area contributed by atoms with Crippen LogP contribution in [0.1, 0.15) is 39.2 Å². The molecule has 0 saturated carbocycles. The minimum Gasteiger partial charge on any atom is -0.873 e. The second-order valence-electron chi connectivity index (χ2n) is 4.18. The van der Waals surface area contributed by atoms with Crippen LogP contribution < -0.4 is 15.1 Å². The first-order valence-electron chi connectivity index (χ1n) is 6.40. The summed E-state index contributed by atoms with van der Waals surface area (Å²) < 4.78 is 0. The summed E-state index contributed by atoms with van der Waals surface area (Å²) in [5.74, 6) is -0.662. The maximum absolute atomic E-state index is 12.0. The molecule has 0 saturated heterocycles. The maximum Gasteiger partial charge on any atom is 2.00 e. The Kier molecular flexibility index (Phi) is 7.85. The molecule has 3 nitrogen and oxygen atoms in total. The first-order chi connectivity index (χ1) is 8.15. The summed E-state index contributed by atoms with van der Waals surface area (Å²) >= 11 is 0. The number of rotatable bonds is 6. The number of unbranched alkanes of at least 4 members (excludes halogenated alkanes) is 1. The van der Waals surface area contributed by atoms with Gasteiger partial charge < -0.3 is 15.1 Å². The van der Waals surface area contributed by atoms with E-state index in [1.165, 1.54) is 0 Å². The van der Waals surface area contributed by atoms with E-state index >= 15 is 0 Å². The zero-order valence-electron chi connectivity index (χ0n) is 11.3. The molecule has 0 unspecified atom stereocenters. The van der Waals surface area contributed by atoms with Crippen LogP contribution in [0.2, 0.25) is 0 Å². The Morgan fingerprint density at radius 2 is 1.61 bits per heavy atom. The van der Waals surface area contributed by atoms with Gasteiger partial charge in [-0.25, -0.2) is 0 Å². The fraction of sp³-hybridized carbons (Fsp3) is 0.571. The van der Waals surface area contributed by atoms with Crippen LogP contribution in [0, 0.1) is 0 Å². The van der Waals surface area contributed by atoms with Crippen LogP contribution in [0.3, 0.4) is 0 Å². The SMILES string of the molecule is CCCCc1ccc(N(CC)CC)c([O-])c1[O-].[Ni+2]. The van der Waals surface area contributed by atoms with Crippen LogP contribution in [0.4, 0.5) is 5.69 Å². The smallest absolute Gasteiger partial charge is 0.873 e. The van der Waals surface area contributed by atoms with Crippen molar-refractivity contribution in [1.29, 1.82) is 0 Å². The fourth-order valence-corrected chi connectivity index (χ4v) is 1.97. The Morgan fingerprint density at radius 3 is 2.11 bits per heavy atom. The zero-order chi connectivity index (χ0) is 12.8. The molecule has 0 aromatic heterocycles. The van der Waals surface area contributed by atoms with E-state index in [9.17, 15) is 10.2 Å². The molecule has 0 atom stereocenters. The van der Waals surface area contributed by atoms with Gasteiger partial charge in [0.2, 0.25) is 0 Å². The summed E-state index contributed by atoms with van der Waals surface area (Å²) in [5.41, 5.74) is 1.20. The number of hydrogen-bond donors (Lipinski definition) is 0. The van der Waals surface area contributed by atoms with Gasteiger partial charge in [0.15, 0.2) is 0 Å². The molecule has 4 heteroatoms. The minimum absolute atomic E-state index is 0. The van der Waals surface area contributed by atoms with Crippen molar-refractivity contribution >= 4 is 5.69 Å². The third kappa shape index (κ3) is 3.81. The van der Waals surface area contributed by atoms with Crippen LogP contribution >= 0.6 is 0 Å². The van der Waals surface area contributed by atoms with E-state index in [4.69, 9.17) is 0 Å². The van der Waals surface area contributed by atoms with Crippen molar-refractivity contribution in [3.63, 3.8) is 0 Å². The van der Waals surface area contributed by atoms with Crippen LogP contribution in [0.15, 0.2) is 12.1 Å². The summed E-state index contributed by atoms with van der Waals surface area (Å²) in [6, 6.07) is 3.61. The number of anilines is 1.